The van der Waals surface area contributed by atoms with E-state index in [-0.39, 0.29) is 18.6 Å². The van der Waals surface area contributed by atoms with Gasteiger partial charge in [-0.3, -0.25) is 4.79 Å². The molecule has 4 nitrogen and oxygen atoms in total. The summed E-state index contributed by atoms with van der Waals surface area (Å²) in [6.45, 7) is 6.91. The second-order valence-electron chi connectivity index (χ2n) is 4.45. The van der Waals surface area contributed by atoms with Crippen LogP contribution < -0.4 is 10.6 Å². The summed E-state index contributed by atoms with van der Waals surface area (Å²) in [6.07, 6.45) is 2.42. The average molecular weight is 214 g/mol. The zero-order chi connectivity index (χ0) is 11.1. The second kappa shape index (κ2) is 6.80. The average Bonchev–Trinajstić information content (AvgIpc) is 2.18. The maximum absolute atomic E-state index is 11.2. The van der Waals surface area contributed by atoms with Crippen molar-refractivity contribution in [1.29, 1.82) is 0 Å². The molecule has 1 saturated heterocycles. The van der Waals surface area contributed by atoms with Gasteiger partial charge in [0.25, 0.3) is 0 Å². The quantitative estimate of drug-likeness (QED) is 0.702. The molecule has 1 fully saturated rings. The molecule has 2 N–H and O–H groups in total. The minimum Gasteiger partial charge on any atom is -0.371 e. The molecule has 0 radical (unpaired) electrons. The van der Waals surface area contributed by atoms with Gasteiger partial charge in [0.1, 0.15) is 6.61 Å². The largest absolute Gasteiger partial charge is 0.371 e. The number of rotatable bonds is 5. The Hall–Kier alpha value is -0.610. The number of carbonyl (C=O) groups excluding carboxylic acids is 1. The van der Waals surface area contributed by atoms with Gasteiger partial charge in [0.15, 0.2) is 0 Å². The molecule has 0 spiro atoms. The van der Waals surface area contributed by atoms with Crippen LogP contribution >= 0.6 is 0 Å². The minimum absolute atomic E-state index is 0.0197. The summed E-state index contributed by atoms with van der Waals surface area (Å²) in [5.74, 6) is 0.555. The molecule has 1 heterocycles. The third-order valence-electron chi connectivity index (χ3n) is 2.44. The van der Waals surface area contributed by atoms with Crippen molar-refractivity contribution in [2.24, 2.45) is 5.92 Å². The second-order valence-corrected chi connectivity index (χ2v) is 4.45. The van der Waals surface area contributed by atoms with E-state index < -0.39 is 0 Å². The molecule has 1 aliphatic heterocycles. The molecule has 0 aliphatic carbocycles. The molecule has 0 aromatic carbocycles. The van der Waals surface area contributed by atoms with Crippen molar-refractivity contribution < 1.29 is 9.53 Å². The Kier molecular flexibility index (Phi) is 5.65. The van der Waals surface area contributed by atoms with E-state index in [0.29, 0.717) is 12.5 Å². The van der Waals surface area contributed by atoms with E-state index in [1.54, 1.807) is 0 Å². The highest BCUT2D eigenvalue weighted by Gasteiger charge is 2.13. The van der Waals surface area contributed by atoms with E-state index in [1.165, 1.54) is 12.8 Å². The molecule has 0 aromatic heterocycles. The van der Waals surface area contributed by atoms with Crippen LogP contribution in [0, 0.1) is 5.92 Å². The first-order valence-electron chi connectivity index (χ1n) is 5.76. The van der Waals surface area contributed by atoms with Crippen LogP contribution in [0.25, 0.3) is 0 Å². The Morgan fingerprint density at radius 1 is 1.60 bits per heavy atom. The number of hydrogen-bond donors (Lipinski definition) is 2. The van der Waals surface area contributed by atoms with Gasteiger partial charge in [-0.25, -0.2) is 0 Å². The van der Waals surface area contributed by atoms with Gasteiger partial charge in [-0.2, -0.15) is 0 Å². The fraction of sp³-hybridized carbons (Fsp3) is 0.909. The lowest BCUT2D eigenvalue weighted by molar-refractivity contribution is -0.126. The Labute approximate surface area is 91.8 Å². The summed E-state index contributed by atoms with van der Waals surface area (Å²) in [5, 5.41) is 6.13. The van der Waals surface area contributed by atoms with Gasteiger partial charge >= 0.3 is 0 Å². The fourth-order valence-electron chi connectivity index (χ4n) is 1.75. The molecule has 0 aromatic rings. The smallest absolute Gasteiger partial charge is 0.246 e. The van der Waals surface area contributed by atoms with Gasteiger partial charge in [-0.1, -0.05) is 0 Å². The SMILES string of the molecule is CC(C)NC(=O)COCC1CCCNC1. The Bertz CT molecular complexity index is 189. The monoisotopic (exact) mass is 214 g/mol. The van der Waals surface area contributed by atoms with Crippen LogP contribution in [-0.4, -0.2) is 38.3 Å². The Balaban J connectivity index is 2.02. The summed E-state index contributed by atoms with van der Waals surface area (Å²) >= 11 is 0. The van der Waals surface area contributed by atoms with Crippen LogP contribution in [0.4, 0.5) is 0 Å². The Morgan fingerprint density at radius 2 is 2.40 bits per heavy atom. The van der Waals surface area contributed by atoms with Crippen molar-refractivity contribution in [1.82, 2.24) is 10.6 Å². The molecule has 1 rings (SSSR count). The fourth-order valence-corrected chi connectivity index (χ4v) is 1.75. The van der Waals surface area contributed by atoms with Crippen LogP contribution in [-0.2, 0) is 9.53 Å². The lowest BCUT2D eigenvalue weighted by Gasteiger charge is -2.22. The van der Waals surface area contributed by atoms with Crippen LogP contribution in [0.5, 0.6) is 0 Å². The van der Waals surface area contributed by atoms with E-state index >= 15 is 0 Å². The number of amides is 1. The van der Waals surface area contributed by atoms with E-state index in [2.05, 4.69) is 10.6 Å². The summed E-state index contributed by atoms with van der Waals surface area (Å²) in [6, 6.07) is 0.192. The molecule has 88 valence electrons. The van der Waals surface area contributed by atoms with Crippen molar-refractivity contribution >= 4 is 5.91 Å². The normalized spacial score (nSPS) is 21.7. The van der Waals surface area contributed by atoms with Gasteiger partial charge in [-0.15, -0.1) is 0 Å². The minimum atomic E-state index is -0.0197. The summed E-state index contributed by atoms with van der Waals surface area (Å²) in [7, 11) is 0. The summed E-state index contributed by atoms with van der Waals surface area (Å²) in [4.78, 5) is 11.2. The number of hydrogen-bond acceptors (Lipinski definition) is 3. The van der Waals surface area contributed by atoms with Gasteiger partial charge in [-0.05, 0) is 39.2 Å². The predicted molar refractivity (Wildman–Crippen MR) is 59.7 cm³/mol. The maximum atomic E-state index is 11.2. The number of ether oxygens (including phenoxy) is 1. The molecule has 1 amide bonds. The van der Waals surface area contributed by atoms with Crippen molar-refractivity contribution in [3.8, 4) is 0 Å². The molecule has 1 atom stereocenters. The van der Waals surface area contributed by atoms with Crippen molar-refractivity contribution in [3.05, 3.63) is 0 Å². The summed E-state index contributed by atoms with van der Waals surface area (Å²) < 4.78 is 5.38. The first kappa shape index (κ1) is 12.5. The summed E-state index contributed by atoms with van der Waals surface area (Å²) in [5.41, 5.74) is 0. The topological polar surface area (TPSA) is 50.4 Å². The zero-order valence-electron chi connectivity index (χ0n) is 9.71. The van der Waals surface area contributed by atoms with Crippen LogP contribution in [0.2, 0.25) is 0 Å². The van der Waals surface area contributed by atoms with Gasteiger partial charge in [0.05, 0.1) is 6.61 Å². The molecule has 1 unspecified atom stereocenters. The Morgan fingerprint density at radius 3 is 3.00 bits per heavy atom. The van der Waals surface area contributed by atoms with Gasteiger partial charge in [0.2, 0.25) is 5.91 Å². The van der Waals surface area contributed by atoms with Crippen molar-refractivity contribution in [3.63, 3.8) is 0 Å². The van der Waals surface area contributed by atoms with E-state index in [1.807, 2.05) is 13.8 Å². The molecule has 15 heavy (non-hydrogen) atoms. The third kappa shape index (κ3) is 5.74. The van der Waals surface area contributed by atoms with Gasteiger partial charge in [0, 0.05) is 12.6 Å². The maximum Gasteiger partial charge on any atom is 0.246 e. The van der Waals surface area contributed by atoms with Gasteiger partial charge < -0.3 is 15.4 Å². The first-order valence-corrected chi connectivity index (χ1v) is 5.76. The molecule has 0 saturated carbocycles. The highest BCUT2D eigenvalue weighted by molar-refractivity contribution is 5.77. The van der Waals surface area contributed by atoms with Crippen molar-refractivity contribution in [2.45, 2.75) is 32.7 Å². The lowest BCUT2D eigenvalue weighted by Crippen LogP contribution is -2.36. The number of nitrogens with one attached hydrogen (secondary N) is 2. The molecular formula is C11H22N2O2. The van der Waals surface area contributed by atoms with E-state index in [4.69, 9.17) is 4.74 Å². The zero-order valence-corrected chi connectivity index (χ0v) is 9.71. The molecular weight excluding hydrogens is 192 g/mol. The third-order valence-corrected chi connectivity index (χ3v) is 2.44. The standard InChI is InChI=1S/C11H22N2O2/c1-9(2)13-11(14)8-15-7-10-4-3-5-12-6-10/h9-10,12H,3-8H2,1-2H3,(H,13,14). The molecule has 0 bridgehead atoms. The van der Waals surface area contributed by atoms with Crippen LogP contribution in [0.3, 0.4) is 0 Å². The lowest BCUT2D eigenvalue weighted by atomic mass is 10.0. The molecule has 4 heteroatoms. The van der Waals surface area contributed by atoms with E-state index in [0.717, 1.165) is 13.1 Å². The number of carbonyl (C=O) groups is 1. The highest BCUT2D eigenvalue weighted by atomic mass is 16.5. The van der Waals surface area contributed by atoms with Crippen molar-refractivity contribution in [2.75, 3.05) is 26.3 Å². The van der Waals surface area contributed by atoms with Crippen LogP contribution in [0.15, 0.2) is 0 Å². The first-order chi connectivity index (χ1) is 7.18. The van der Waals surface area contributed by atoms with Crippen LogP contribution in [0.1, 0.15) is 26.7 Å². The molecule has 1 aliphatic rings. The number of piperidine rings is 1. The highest BCUT2D eigenvalue weighted by Crippen LogP contribution is 2.09. The predicted octanol–water partition coefficient (Wildman–Crippen LogP) is 0.527. The van der Waals surface area contributed by atoms with E-state index in [9.17, 15) is 4.79 Å².